The number of thiophene rings is 1. The summed E-state index contributed by atoms with van der Waals surface area (Å²) in [6.45, 7) is 1.63. The van der Waals surface area contributed by atoms with E-state index in [-0.39, 0.29) is 18.1 Å². The summed E-state index contributed by atoms with van der Waals surface area (Å²) in [5.74, 6) is -0.882. The summed E-state index contributed by atoms with van der Waals surface area (Å²) in [5, 5.41) is 1.90. The van der Waals surface area contributed by atoms with Gasteiger partial charge in [-0.2, -0.15) is 0 Å². The van der Waals surface area contributed by atoms with E-state index in [9.17, 15) is 18.0 Å². The van der Waals surface area contributed by atoms with E-state index in [1.165, 1.54) is 21.7 Å². The lowest BCUT2D eigenvalue weighted by Gasteiger charge is -2.18. The zero-order chi connectivity index (χ0) is 19.4. The molecule has 1 aromatic carbocycles. The molecule has 2 heterocycles. The minimum Gasteiger partial charge on any atom is -0.454 e. The van der Waals surface area contributed by atoms with Crippen LogP contribution in [0.5, 0.6) is 0 Å². The van der Waals surface area contributed by atoms with Crippen LogP contribution in [0.15, 0.2) is 41.8 Å². The highest BCUT2D eigenvalue weighted by Crippen LogP contribution is 2.31. The van der Waals surface area contributed by atoms with Crippen molar-refractivity contribution in [1.82, 2.24) is 0 Å². The van der Waals surface area contributed by atoms with Gasteiger partial charge in [-0.15, -0.1) is 11.3 Å². The summed E-state index contributed by atoms with van der Waals surface area (Å²) in [5.41, 5.74) is 1.82. The molecule has 8 heteroatoms. The molecule has 0 unspecified atom stereocenters. The van der Waals surface area contributed by atoms with E-state index in [0.717, 1.165) is 10.4 Å². The fourth-order valence-corrected chi connectivity index (χ4v) is 4.57. The highest BCUT2D eigenvalue weighted by Gasteiger charge is 2.28. The molecule has 0 radical (unpaired) electrons. The lowest BCUT2D eigenvalue weighted by Crippen LogP contribution is -2.30. The minimum atomic E-state index is -3.32. The quantitative estimate of drug-likeness (QED) is 0.402. The molecule has 6 nitrogen and oxygen atoms in total. The Kier molecular flexibility index (Phi) is 5.76. The molecule has 142 valence electrons. The highest BCUT2D eigenvalue weighted by molar-refractivity contribution is 7.92. The second kappa shape index (κ2) is 8.06. The topological polar surface area (TPSA) is 80.8 Å². The first-order chi connectivity index (χ1) is 12.9. The van der Waals surface area contributed by atoms with Gasteiger partial charge in [-0.25, -0.2) is 13.2 Å². The molecule has 0 saturated heterocycles. The minimum absolute atomic E-state index is 0.0298. The Morgan fingerprint density at radius 2 is 2.11 bits per heavy atom. The lowest BCUT2D eigenvalue weighted by atomic mass is 10.1. The molecular formula is C19H19NO5S2. The number of hydrogen-bond acceptors (Lipinski definition) is 6. The number of Topliss-reactive ketones (excluding diaryl/α,β-unsaturated/α-hetero) is 1. The van der Waals surface area contributed by atoms with Crippen molar-refractivity contribution >= 4 is 44.9 Å². The zero-order valence-electron chi connectivity index (χ0n) is 14.8. The Balaban J connectivity index is 1.62. The third-order valence-electron chi connectivity index (χ3n) is 4.23. The second-order valence-electron chi connectivity index (χ2n) is 5.95. The first-order valence-electron chi connectivity index (χ1n) is 8.45. The van der Waals surface area contributed by atoms with Crippen LogP contribution in [0.1, 0.15) is 27.7 Å². The number of anilines is 1. The number of rotatable bonds is 7. The Labute approximate surface area is 162 Å². The van der Waals surface area contributed by atoms with Gasteiger partial charge in [0.2, 0.25) is 10.0 Å². The van der Waals surface area contributed by atoms with Gasteiger partial charge in [0.25, 0.3) is 0 Å². The van der Waals surface area contributed by atoms with E-state index in [2.05, 4.69) is 0 Å². The van der Waals surface area contributed by atoms with E-state index in [0.29, 0.717) is 24.2 Å². The van der Waals surface area contributed by atoms with Crippen LogP contribution < -0.4 is 4.31 Å². The third-order valence-corrected chi connectivity index (χ3v) is 6.85. The average Bonchev–Trinajstić information content (AvgIpc) is 3.33. The van der Waals surface area contributed by atoms with E-state index < -0.39 is 16.0 Å². The number of esters is 1. The number of ether oxygens (including phenoxy) is 1. The van der Waals surface area contributed by atoms with Crippen LogP contribution in [-0.2, 0) is 26.0 Å². The van der Waals surface area contributed by atoms with Gasteiger partial charge in [0, 0.05) is 23.1 Å². The number of ketones is 1. The smallest absolute Gasteiger partial charge is 0.331 e. The summed E-state index contributed by atoms with van der Waals surface area (Å²) >= 11 is 1.49. The van der Waals surface area contributed by atoms with Gasteiger partial charge in [0.05, 0.1) is 11.4 Å². The molecule has 0 saturated carbocycles. The maximum absolute atomic E-state index is 12.3. The SMILES string of the molecule is CCS(=O)(=O)N1CCc2cc(C(=O)COC(=O)/C=C/c3cccs3)ccc21. The molecule has 1 aliphatic rings. The molecule has 0 N–H and O–H groups in total. The first kappa shape index (κ1) is 19.3. The molecule has 27 heavy (non-hydrogen) atoms. The second-order valence-corrected chi connectivity index (χ2v) is 9.11. The van der Waals surface area contributed by atoms with Gasteiger partial charge < -0.3 is 4.74 Å². The number of fused-ring (bicyclic) bond motifs is 1. The summed E-state index contributed by atoms with van der Waals surface area (Å²) in [6.07, 6.45) is 3.48. The molecule has 0 amide bonds. The number of nitrogens with zero attached hydrogens (tertiary/aromatic N) is 1. The molecule has 1 aromatic heterocycles. The number of carbonyl (C=O) groups excluding carboxylic acids is 2. The molecule has 2 aromatic rings. The van der Waals surface area contributed by atoms with Crippen LogP contribution in [-0.4, -0.2) is 39.1 Å². The maximum atomic E-state index is 12.3. The van der Waals surface area contributed by atoms with Crippen LogP contribution in [0.3, 0.4) is 0 Å². The predicted molar refractivity (Wildman–Crippen MR) is 106 cm³/mol. The Hall–Kier alpha value is -2.45. The van der Waals surface area contributed by atoms with Crippen molar-refractivity contribution in [1.29, 1.82) is 0 Å². The van der Waals surface area contributed by atoms with Gasteiger partial charge in [-0.1, -0.05) is 6.07 Å². The fraction of sp³-hybridized carbons (Fsp3) is 0.263. The van der Waals surface area contributed by atoms with Gasteiger partial charge in [-0.3, -0.25) is 9.10 Å². The normalized spacial score (nSPS) is 13.7. The van der Waals surface area contributed by atoms with Crippen molar-refractivity contribution < 1.29 is 22.7 Å². The van der Waals surface area contributed by atoms with Crippen molar-refractivity contribution in [2.45, 2.75) is 13.3 Å². The summed E-state index contributed by atoms with van der Waals surface area (Å²) in [4.78, 5) is 24.9. The number of benzene rings is 1. The van der Waals surface area contributed by atoms with Crippen molar-refractivity contribution in [3.05, 3.63) is 57.8 Å². The van der Waals surface area contributed by atoms with Gasteiger partial charge in [-0.05, 0) is 54.6 Å². The van der Waals surface area contributed by atoms with Gasteiger partial charge >= 0.3 is 5.97 Å². The third kappa shape index (κ3) is 4.45. The molecule has 3 rings (SSSR count). The van der Waals surface area contributed by atoms with E-state index in [4.69, 9.17) is 4.74 Å². The number of sulfonamides is 1. The zero-order valence-corrected chi connectivity index (χ0v) is 16.4. The first-order valence-corrected chi connectivity index (χ1v) is 10.9. The monoisotopic (exact) mass is 405 g/mol. The van der Waals surface area contributed by atoms with Crippen LogP contribution >= 0.6 is 11.3 Å². The van der Waals surface area contributed by atoms with E-state index in [1.807, 2.05) is 17.5 Å². The molecule has 0 fully saturated rings. The molecule has 0 atom stereocenters. The van der Waals surface area contributed by atoms with Gasteiger partial charge in [0.1, 0.15) is 0 Å². The lowest BCUT2D eigenvalue weighted by molar-refractivity contribution is -0.136. The van der Waals surface area contributed by atoms with E-state index >= 15 is 0 Å². The average molecular weight is 405 g/mol. The van der Waals surface area contributed by atoms with Crippen LogP contribution in [0, 0.1) is 0 Å². The predicted octanol–water partition coefficient (Wildman–Crippen LogP) is 2.90. The molecule has 1 aliphatic heterocycles. The molecular weight excluding hydrogens is 386 g/mol. The van der Waals surface area contributed by atoms with Crippen LogP contribution in [0.25, 0.3) is 6.08 Å². The summed E-state index contributed by atoms with van der Waals surface area (Å²) in [6, 6.07) is 8.63. The largest absolute Gasteiger partial charge is 0.454 e. The number of carbonyl (C=O) groups is 2. The van der Waals surface area contributed by atoms with E-state index in [1.54, 1.807) is 31.2 Å². The standard InChI is InChI=1S/C19H19NO5S2/c1-2-27(23,24)20-10-9-14-12-15(5-7-17(14)20)18(21)13-25-19(22)8-6-16-4-3-11-26-16/h3-8,11-12H,2,9-10,13H2,1H3/b8-6+. The highest BCUT2D eigenvalue weighted by atomic mass is 32.2. The van der Waals surface area contributed by atoms with Crippen molar-refractivity contribution in [2.24, 2.45) is 0 Å². The summed E-state index contributed by atoms with van der Waals surface area (Å²) < 4.78 is 30.6. The Bertz CT molecular complexity index is 978. The Morgan fingerprint density at radius 1 is 1.30 bits per heavy atom. The van der Waals surface area contributed by atoms with Crippen molar-refractivity contribution in [2.75, 3.05) is 23.2 Å². The van der Waals surface area contributed by atoms with Crippen molar-refractivity contribution in [3.63, 3.8) is 0 Å². The van der Waals surface area contributed by atoms with Crippen LogP contribution in [0.4, 0.5) is 5.69 Å². The maximum Gasteiger partial charge on any atom is 0.331 e. The Morgan fingerprint density at radius 3 is 2.81 bits per heavy atom. The molecule has 0 spiro atoms. The number of hydrogen-bond donors (Lipinski definition) is 0. The van der Waals surface area contributed by atoms with Gasteiger partial charge in [0.15, 0.2) is 12.4 Å². The van der Waals surface area contributed by atoms with Crippen LogP contribution in [0.2, 0.25) is 0 Å². The molecule has 0 aliphatic carbocycles. The fourth-order valence-electron chi connectivity index (χ4n) is 2.79. The molecule has 0 bridgehead atoms. The summed E-state index contributed by atoms with van der Waals surface area (Å²) in [7, 11) is -3.32. The van der Waals surface area contributed by atoms with Crippen molar-refractivity contribution in [3.8, 4) is 0 Å².